The van der Waals surface area contributed by atoms with Crippen LogP contribution in [0.2, 0.25) is 0 Å². The summed E-state index contributed by atoms with van der Waals surface area (Å²) in [5.74, 6) is -0.168. The first-order valence-electron chi connectivity index (χ1n) is 37.9. The Morgan fingerprint density at radius 3 is 0.965 bits per heavy atom. The van der Waals surface area contributed by atoms with E-state index in [4.69, 9.17) is 9.05 Å². The summed E-state index contributed by atoms with van der Waals surface area (Å²) in [6.45, 7) is 4.87. The maximum absolute atomic E-state index is 13.1. The second kappa shape index (κ2) is 67.1. The van der Waals surface area contributed by atoms with Crippen LogP contribution in [0.3, 0.4) is 0 Å². The Morgan fingerprint density at radius 2 is 0.671 bits per heavy atom. The smallest absolute Gasteiger partial charge is 0.387 e. The maximum atomic E-state index is 13.1. The van der Waals surface area contributed by atoms with E-state index in [1.165, 1.54) is 334 Å². The van der Waals surface area contributed by atoms with Crippen LogP contribution < -0.4 is 5.32 Å². The van der Waals surface area contributed by atoms with Crippen molar-refractivity contribution < 1.29 is 32.9 Å². The minimum absolute atomic E-state index is 0.0639. The van der Waals surface area contributed by atoms with Crippen LogP contribution in [0, 0.1) is 0 Å². The van der Waals surface area contributed by atoms with E-state index in [0.717, 1.165) is 38.5 Å². The number of amides is 1. The lowest BCUT2D eigenvalue weighted by atomic mass is 10.0. The average Bonchev–Trinajstić information content (AvgIpc) is 3.49. The number of nitrogens with zero attached hydrogens (tertiary/aromatic N) is 1. The van der Waals surface area contributed by atoms with Gasteiger partial charge in [-0.2, -0.15) is 0 Å². The predicted octanol–water partition coefficient (Wildman–Crippen LogP) is 24.4. The number of rotatable bonds is 71. The van der Waals surface area contributed by atoms with Crippen LogP contribution in [-0.4, -0.2) is 73.4 Å². The Morgan fingerprint density at radius 1 is 0.400 bits per heavy atom. The number of unbranched alkanes of at least 4 members (excludes halogenated alkanes) is 54. The molecule has 3 N–H and O–H groups in total. The number of allylic oxidation sites excluding steroid dienone is 5. The lowest BCUT2D eigenvalue weighted by Crippen LogP contribution is -2.45. The van der Waals surface area contributed by atoms with E-state index in [1.807, 2.05) is 27.2 Å². The third-order valence-corrected chi connectivity index (χ3v) is 18.6. The highest BCUT2D eigenvalue weighted by atomic mass is 31.2. The molecule has 8 nitrogen and oxygen atoms in total. The van der Waals surface area contributed by atoms with Gasteiger partial charge in [0.05, 0.1) is 39.9 Å². The number of hydrogen-bond acceptors (Lipinski definition) is 5. The first-order valence-corrected chi connectivity index (χ1v) is 39.4. The molecule has 3 unspecified atom stereocenters. The van der Waals surface area contributed by atoms with Gasteiger partial charge in [-0.15, -0.1) is 0 Å². The standard InChI is InChI=1S/C76H149N2O6P/c1-6-8-10-12-14-16-18-20-22-24-26-28-30-32-34-36-38-39-40-42-44-46-48-50-52-54-56-58-60-62-64-66-68-70-76(80)77-74(73-84-85(81,82)83-72-71-78(3,4)5)75(79)69-67-65-63-61-59-57-55-53-51-49-47-45-43-41-37-35-33-31-29-27-25-23-21-19-17-15-13-11-9-7-2/h18,20,24,26,67,69,74-75,79H,6-17,19,21-23,25,27-66,68,70-73H2,1-5H3,(H-,77,80,81,82)/p+1/b20-18-,26-24-,69-67+. The topological polar surface area (TPSA) is 105 Å². The van der Waals surface area contributed by atoms with Gasteiger partial charge < -0.3 is 19.8 Å². The summed E-state index contributed by atoms with van der Waals surface area (Å²) >= 11 is 0. The van der Waals surface area contributed by atoms with Gasteiger partial charge in [-0.25, -0.2) is 4.57 Å². The molecule has 9 heteroatoms. The van der Waals surface area contributed by atoms with E-state index in [-0.39, 0.29) is 19.1 Å². The fraction of sp³-hybridized carbons (Fsp3) is 0.908. The van der Waals surface area contributed by atoms with E-state index in [2.05, 4.69) is 43.5 Å². The summed E-state index contributed by atoms with van der Waals surface area (Å²) in [7, 11) is 1.59. The number of aliphatic hydroxyl groups excluding tert-OH is 1. The summed E-state index contributed by atoms with van der Waals surface area (Å²) in [6.07, 6.45) is 90.3. The number of quaternary nitrogens is 1. The van der Waals surface area contributed by atoms with Crippen LogP contribution in [0.15, 0.2) is 36.5 Å². The van der Waals surface area contributed by atoms with Crippen molar-refractivity contribution in [1.82, 2.24) is 5.32 Å². The predicted molar refractivity (Wildman–Crippen MR) is 374 cm³/mol. The summed E-state index contributed by atoms with van der Waals surface area (Å²) < 4.78 is 23.9. The second-order valence-electron chi connectivity index (χ2n) is 27.4. The van der Waals surface area contributed by atoms with Crippen molar-refractivity contribution in [3.63, 3.8) is 0 Å². The molecule has 0 rings (SSSR count). The zero-order valence-electron chi connectivity index (χ0n) is 57.9. The molecule has 0 aliphatic carbocycles. The van der Waals surface area contributed by atoms with Crippen molar-refractivity contribution >= 4 is 13.7 Å². The summed E-state index contributed by atoms with van der Waals surface area (Å²) in [5.41, 5.74) is 0. The van der Waals surface area contributed by atoms with E-state index in [1.54, 1.807) is 6.08 Å². The number of carbonyl (C=O) groups excluding carboxylic acids is 1. The Balaban J connectivity index is 3.99. The molecular weight excluding hydrogens is 1070 g/mol. The molecule has 0 aromatic heterocycles. The molecule has 0 saturated carbocycles. The monoisotopic (exact) mass is 1220 g/mol. The molecule has 85 heavy (non-hydrogen) atoms. The molecule has 0 aliphatic heterocycles. The normalized spacial score (nSPS) is 13.7. The van der Waals surface area contributed by atoms with Gasteiger partial charge >= 0.3 is 7.82 Å². The molecule has 0 fully saturated rings. The van der Waals surface area contributed by atoms with Gasteiger partial charge in [0.1, 0.15) is 13.2 Å². The highest BCUT2D eigenvalue weighted by Crippen LogP contribution is 2.43. The maximum Gasteiger partial charge on any atom is 0.472 e. The highest BCUT2D eigenvalue weighted by Gasteiger charge is 2.28. The number of hydrogen-bond donors (Lipinski definition) is 3. The van der Waals surface area contributed by atoms with Gasteiger partial charge in [-0.3, -0.25) is 13.8 Å². The number of nitrogens with one attached hydrogen (secondary N) is 1. The second-order valence-corrected chi connectivity index (χ2v) is 28.8. The Bertz CT molecular complexity index is 1480. The Labute approximate surface area is 531 Å². The van der Waals surface area contributed by atoms with Crippen LogP contribution in [0.25, 0.3) is 0 Å². The fourth-order valence-corrected chi connectivity index (χ4v) is 12.5. The zero-order valence-corrected chi connectivity index (χ0v) is 58.8. The lowest BCUT2D eigenvalue weighted by Gasteiger charge is -2.25. The molecule has 0 aromatic rings. The fourth-order valence-electron chi connectivity index (χ4n) is 11.7. The molecule has 0 spiro atoms. The highest BCUT2D eigenvalue weighted by molar-refractivity contribution is 7.47. The van der Waals surface area contributed by atoms with Gasteiger partial charge in [0.25, 0.3) is 0 Å². The van der Waals surface area contributed by atoms with Crippen molar-refractivity contribution in [2.45, 2.75) is 405 Å². The molecular formula is C76H150N2O6P+. The average molecular weight is 1220 g/mol. The summed E-state index contributed by atoms with van der Waals surface area (Å²) in [6, 6.07) is -0.847. The molecule has 504 valence electrons. The summed E-state index contributed by atoms with van der Waals surface area (Å²) in [5, 5.41) is 14.0. The molecule has 0 radical (unpaired) electrons. The zero-order chi connectivity index (χ0) is 61.9. The van der Waals surface area contributed by atoms with Gasteiger partial charge in [-0.05, 0) is 51.4 Å². The number of aliphatic hydroxyl groups is 1. The number of phosphoric ester groups is 1. The Hall–Kier alpha value is -1.28. The quantitative estimate of drug-likeness (QED) is 0.0243. The lowest BCUT2D eigenvalue weighted by molar-refractivity contribution is -0.870. The van der Waals surface area contributed by atoms with Gasteiger partial charge in [0, 0.05) is 6.42 Å². The van der Waals surface area contributed by atoms with Gasteiger partial charge in [-0.1, -0.05) is 371 Å². The van der Waals surface area contributed by atoms with Crippen molar-refractivity contribution in [3.05, 3.63) is 36.5 Å². The third kappa shape index (κ3) is 70.0. The van der Waals surface area contributed by atoms with E-state index >= 15 is 0 Å². The molecule has 0 bridgehead atoms. The first kappa shape index (κ1) is 83.7. The van der Waals surface area contributed by atoms with Crippen LogP contribution in [0.4, 0.5) is 0 Å². The molecule has 0 aliphatic rings. The van der Waals surface area contributed by atoms with E-state index < -0.39 is 20.0 Å². The van der Waals surface area contributed by atoms with Crippen LogP contribution in [0.1, 0.15) is 393 Å². The van der Waals surface area contributed by atoms with Crippen molar-refractivity contribution in [3.8, 4) is 0 Å². The van der Waals surface area contributed by atoms with E-state index in [0.29, 0.717) is 17.4 Å². The van der Waals surface area contributed by atoms with Crippen molar-refractivity contribution in [2.24, 2.45) is 0 Å². The van der Waals surface area contributed by atoms with Crippen molar-refractivity contribution in [2.75, 3.05) is 40.9 Å². The van der Waals surface area contributed by atoms with Gasteiger partial charge in [0.2, 0.25) is 5.91 Å². The minimum atomic E-state index is -4.35. The van der Waals surface area contributed by atoms with Crippen LogP contribution in [0.5, 0.6) is 0 Å². The number of carbonyl (C=O) groups is 1. The molecule has 0 aromatic carbocycles. The number of phosphoric acid groups is 1. The number of likely N-dealkylation sites (N-methyl/N-ethyl adjacent to an activating group) is 1. The van der Waals surface area contributed by atoms with E-state index in [9.17, 15) is 19.4 Å². The first-order chi connectivity index (χ1) is 41.5. The SMILES string of the molecule is CCCCCCC/C=C\C/C=C\CCCCCCCCCCCCCCCCCCCCCCCC(=O)NC(COP(=O)(O)OCC[N+](C)(C)C)C(O)/C=C/CCCCCCCCCCCCCCCCCCCCCCCCCCCCCC. The largest absolute Gasteiger partial charge is 0.472 e. The molecule has 1 amide bonds. The van der Waals surface area contributed by atoms with Crippen LogP contribution >= 0.6 is 7.82 Å². The molecule has 0 heterocycles. The Kier molecular flexibility index (Phi) is 66.1. The minimum Gasteiger partial charge on any atom is -0.387 e. The molecule has 3 atom stereocenters. The summed E-state index contributed by atoms with van der Waals surface area (Å²) in [4.78, 5) is 23.5. The molecule has 0 saturated heterocycles. The van der Waals surface area contributed by atoms with Crippen molar-refractivity contribution in [1.29, 1.82) is 0 Å². The van der Waals surface area contributed by atoms with Crippen LogP contribution in [-0.2, 0) is 18.4 Å². The van der Waals surface area contributed by atoms with Gasteiger partial charge in [0.15, 0.2) is 0 Å². The third-order valence-electron chi connectivity index (χ3n) is 17.6.